The van der Waals surface area contributed by atoms with Gasteiger partial charge in [-0.05, 0) is 106 Å². The molecule has 2 nitrogen and oxygen atoms in total. The zero-order valence-corrected chi connectivity index (χ0v) is 36.5. The van der Waals surface area contributed by atoms with E-state index in [0.29, 0.717) is 0 Å². The summed E-state index contributed by atoms with van der Waals surface area (Å²) >= 11 is 0. The average molecular weight is 831 g/mol. The highest BCUT2D eigenvalue weighted by molar-refractivity contribution is 6.11. The molecule has 0 radical (unpaired) electrons. The van der Waals surface area contributed by atoms with Gasteiger partial charge in [-0.15, -0.1) is 0 Å². The largest absolute Gasteiger partial charge is 0.310 e. The van der Waals surface area contributed by atoms with E-state index in [1.54, 1.807) is 0 Å². The van der Waals surface area contributed by atoms with Crippen LogP contribution in [0, 0.1) is 13.8 Å². The highest BCUT2D eigenvalue weighted by Crippen LogP contribution is 2.57. The van der Waals surface area contributed by atoms with E-state index in [9.17, 15) is 0 Å². The average Bonchev–Trinajstić information content (AvgIpc) is 3.85. The van der Waals surface area contributed by atoms with E-state index in [-0.39, 0.29) is 0 Å². The topological polar surface area (TPSA) is 8.17 Å². The van der Waals surface area contributed by atoms with Crippen molar-refractivity contribution in [3.8, 4) is 39.1 Å². The third-order valence-electron chi connectivity index (χ3n) is 13.6. The predicted octanol–water partition coefficient (Wildman–Crippen LogP) is 16.6. The molecule has 1 aliphatic carbocycles. The summed E-state index contributed by atoms with van der Waals surface area (Å²) < 4.78 is 2.49. The SMILES string of the molecule is Cc1ccc(-c2ccc(C)cc2-n2c3ccccc3c3ccc(N(c4ccc5c(c4)C(c4ccccc4)(c4ccccc4)c4ccccc4-5)c4ccccc4-c4ccccc4)cc32)cc1. The fourth-order valence-corrected chi connectivity index (χ4v) is 10.7. The van der Waals surface area contributed by atoms with E-state index in [1.165, 1.54) is 83.2 Å². The zero-order valence-electron chi connectivity index (χ0n) is 36.5. The summed E-state index contributed by atoms with van der Waals surface area (Å²) in [5, 5.41) is 2.45. The maximum atomic E-state index is 2.49. The molecule has 12 rings (SSSR count). The Balaban J connectivity index is 1.15. The van der Waals surface area contributed by atoms with Crippen LogP contribution in [0.25, 0.3) is 60.9 Å². The number of aryl methyl sites for hydroxylation is 2. The number of fused-ring (bicyclic) bond motifs is 6. The van der Waals surface area contributed by atoms with Crippen molar-refractivity contribution >= 4 is 38.9 Å². The van der Waals surface area contributed by atoms with Crippen LogP contribution in [-0.2, 0) is 5.41 Å². The molecule has 0 spiro atoms. The monoisotopic (exact) mass is 830 g/mol. The van der Waals surface area contributed by atoms with Crippen LogP contribution in [0.3, 0.4) is 0 Å². The van der Waals surface area contributed by atoms with E-state index in [1.807, 2.05) is 0 Å². The Kier molecular flexibility index (Phi) is 9.21. The molecule has 0 saturated heterocycles. The van der Waals surface area contributed by atoms with Crippen molar-refractivity contribution in [3.63, 3.8) is 0 Å². The summed E-state index contributed by atoms with van der Waals surface area (Å²) in [5.74, 6) is 0. The van der Waals surface area contributed by atoms with Gasteiger partial charge in [-0.3, -0.25) is 0 Å². The number of benzene rings is 10. The Morgan fingerprint density at radius 3 is 1.65 bits per heavy atom. The Labute approximate surface area is 381 Å². The number of hydrogen-bond acceptors (Lipinski definition) is 1. The van der Waals surface area contributed by atoms with Crippen molar-refractivity contribution in [1.82, 2.24) is 4.57 Å². The summed E-state index contributed by atoms with van der Waals surface area (Å²) in [4.78, 5) is 2.49. The first-order valence-corrected chi connectivity index (χ1v) is 22.6. The number of nitrogens with zero attached hydrogens (tertiary/aromatic N) is 2. The predicted molar refractivity (Wildman–Crippen MR) is 273 cm³/mol. The number of hydrogen-bond donors (Lipinski definition) is 0. The molecule has 0 aliphatic heterocycles. The van der Waals surface area contributed by atoms with Crippen molar-refractivity contribution in [2.75, 3.05) is 4.90 Å². The Morgan fingerprint density at radius 2 is 0.892 bits per heavy atom. The van der Waals surface area contributed by atoms with Gasteiger partial charge in [-0.2, -0.15) is 0 Å². The normalized spacial score (nSPS) is 12.6. The summed E-state index contributed by atoms with van der Waals surface area (Å²) in [6, 6.07) is 89.8. The zero-order chi connectivity index (χ0) is 43.5. The van der Waals surface area contributed by atoms with Gasteiger partial charge in [0.1, 0.15) is 0 Å². The van der Waals surface area contributed by atoms with Crippen LogP contribution >= 0.6 is 0 Å². The van der Waals surface area contributed by atoms with Crippen molar-refractivity contribution in [2.45, 2.75) is 19.3 Å². The first kappa shape index (κ1) is 38.5. The van der Waals surface area contributed by atoms with Gasteiger partial charge in [0.05, 0.1) is 27.8 Å². The molecule has 11 aromatic rings. The molecule has 0 unspecified atom stereocenters. The Morgan fingerprint density at radius 1 is 0.354 bits per heavy atom. The Bertz CT molecular complexity index is 3510. The summed E-state index contributed by atoms with van der Waals surface area (Å²) in [5.41, 5.74) is 21.0. The lowest BCUT2D eigenvalue weighted by molar-refractivity contribution is 0.768. The molecule has 2 heteroatoms. The second kappa shape index (κ2) is 15.6. The van der Waals surface area contributed by atoms with Gasteiger partial charge in [-0.25, -0.2) is 0 Å². The number of para-hydroxylation sites is 2. The third-order valence-corrected chi connectivity index (χ3v) is 13.6. The lowest BCUT2D eigenvalue weighted by Crippen LogP contribution is -2.28. The summed E-state index contributed by atoms with van der Waals surface area (Å²) in [6.07, 6.45) is 0. The molecule has 308 valence electrons. The second-order valence-electron chi connectivity index (χ2n) is 17.4. The quantitative estimate of drug-likeness (QED) is 0.148. The van der Waals surface area contributed by atoms with E-state index >= 15 is 0 Å². The van der Waals surface area contributed by atoms with Gasteiger partial charge < -0.3 is 9.47 Å². The molecule has 0 saturated carbocycles. The molecule has 1 heterocycles. The van der Waals surface area contributed by atoms with Crippen LogP contribution in [-0.4, -0.2) is 4.57 Å². The first-order chi connectivity index (χ1) is 32.1. The standard InChI is InChI=1S/C63H46N2/c1-43-30-33-46(34-31-43)52-37-32-44(2)40-61(52)65-60-29-17-14-26-55(60)56-39-36-50(42-62(56)65)64(59-28-16-13-24-51(59)45-18-6-3-7-19-45)49-35-38-54-53-25-12-15-27-57(53)63(58(54)41-49,47-20-8-4-9-21-47)48-22-10-5-11-23-48/h3-42H,1-2H3. The molecule has 0 atom stereocenters. The highest BCUT2D eigenvalue weighted by Gasteiger charge is 2.46. The Hall–Kier alpha value is -8.20. The van der Waals surface area contributed by atoms with Crippen molar-refractivity contribution < 1.29 is 0 Å². The smallest absolute Gasteiger partial charge is 0.0714 e. The second-order valence-corrected chi connectivity index (χ2v) is 17.4. The lowest BCUT2D eigenvalue weighted by atomic mass is 9.67. The molecule has 0 fully saturated rings. The minimum Gasteiger partial charge on any atom is -0.310 e. The maximum Gasteiger partial charge on any atom is 0.0714 e. The summed E-state index contributed by atoms with van der Waals surface area (Å²) in [6.45, 7) is 4.35. The van der Waals surface area contributed by atoms with Crippen molar-refractivity contribution in [1.29, 1.82) is 0 Å². The number of anilines is 3. The fourth-order valence-electron chi connectivity index (χ4n) is 10.7. The molecule has 0 bridgehead atoms. The van der Waals surface area contributed by atoms with E-state index in [4.69, 9.17) is 0 Å². The van der Waals surface area contributed by atoms with Crippen LogP contribution in [0.1, 0.15) is 33.4 Å². The van der Waals surface area contributed by atoms with E-state index < -0.39 is 5.41 Å². The molecule has 0 N–H and O–H groups in total. The maximum absolute atomic E-state index is 2.49. The van der Waals surface area contributed by atoms with Crippen molar-refractivity contribution in [2.24, 2.45) is 0 Å². The van der Waals surface area contributed by atoms with Gasteiger partial charge in [0.2, 0.25) is 0 Å². The highest BCUT2D eigenvalue weighted by atomic mass is 15.1. The van der Waals surface area contributed by atoms with Gasteiger partial charge in [0, 0.05) is 33.3 Å². The fraction of sp³-hybridized carbons (Fsp3) is 0.0476. The molecule has 10 aromatic carbocycles. The molecule has 0 amide bonds. The van der Waals surface area contributed by atoms with Crippen LogP contribution in [0.4, 0.5) is 17.1 Å². The first-order valence-electron chi connectivity index (χ1n) is 22.6. The summed E-state index contributed by atoms with van der Waals surface area (Å²) in [7, 11) is 0. The molecule has 1 aliphatic rings. The minimum atomic E-state index is -0.539. The third kappa shape index (κ3) is 6.17. The van der Waals surface area contributed by atoms with Crippen LogP contribution in [0.15, 0.2) is 243 Å². The van der Waals surface area contributed by atoms with Crippen molar-refractivity contribution in [3.05, 3.63) is 276 Å². The lowest BCUT2D eigenvalue weighted by Gasteiger charge is -2.35. The molecule has 1 aromatic heterocycles. The number of rotatable bonds is 8. The van der Waals surface area contributed by atoms with Crippen LogP contribution in [0.5, 0.6) is 0 Å². The van der Waals surface area contributed by atoms with Gasteiger partial charge in [0.25, 0.3) is 0 Å². The van der Waals surface area contributed by atoms with Crippen LogP contribution < -0.4 is 4.90 Å². The van der Waals surface area contributed by atoms with E-state index in [2.05, 4.69) is 266 Å². The molecular formula is C63H46N2. The van der Waals surface area contributed by atoms with Gasteiger partial charge >= 0.3 is 0 Å². The van der Waals surface area contributed by atoms with Gasteiger partial charge in [0.15, 0.2) is 0 Å². The minimum absolute atomic E-state index is 0.539. The number of aromatic nitrogens is 1. The van der Waals surface area contributed by atoms with E-state index in [0.717, 1.165) is 28.1 Å². The molecular weight excluding hydrogens is 785 g/mol. The molecule has 65 heavy (non-hydrogen) atoms. The van der Waals surface area contributed by atoms with Gasteiger partial charge in [-0.1, -0.05) is 206 Å². The van der Waals surface area contributed by atoms with Crippen LogP contribution in [0.2, 0.25) is 0 Å².